The van der Waals surface area contributed by atoms with Crippen LogP contribution in [0.2, 0.25) is 0 Å². The number of rotatable bonds is 4. The minimum Gasteiger partial charge on any atom is -0.455 e. The van der Waals surface area contributed by atoms with Crippen LogP contribution in [0.4, 0.5) is 10.1 Å². The van der Waals surface area contributed by atoms with Gasteiger partial charge in [0, 0.05) is 5.69 Å². The number of nitrogens with one attached hydrogen (secondary N) is 1. The van der Waals surface area contributed by atoms with Crippen molar-refractivity contribution < 1.29 is 23.8 Å². The topological polar surface area (TPSA) is 75.6 Å². The summed E-state index contributed by atoms with van der Waals surface area (Å²) >= 11 is 0. The molecule has 4 bridgehead atoms. The van der Waals surface area contributed by atoms with Crippen LogP contribution in [0.1, 0.15) is 44.1 Å². The van der Waals surface area contributed by atoms with Gasteiger partial charge in [-0.3, -0.25) is 9.59 Å². The first-order valence-electron chi connectivity index (χ1n) is 9.23. The molecule has 6 heteroatoms. The van der Waals surface area contributed by atoms with Crippen LogP contribution in [-0.2, 0) is 14.3 Å². The van der Waals surface area contributed by atoms with Crippen LogP contribution in [0.15, 0.2) is 18.2 Å². The second kappa shape index (κ2) is 6.05. The van der Waals surface area contributed by atoms with E-state index in [-0.39, 0.29) is 5.97 Å². The largest absolute Gasteiger partial charge is 0.455 e. The van der Waals surface area contributed by atoms with Gasteiger partial charge >= 0.3 is 5.97 Å². The summed E-state index contributed by atoms with van der Waals surface area (Å²) in [5.74, 6) is -0.563. The smallest absolute Gasteiger partial charge is 0.312 e. The Morgan fingerprint density at radius 3 is 2.62 bits per heavy atom. The van der Waals surface area contributed by atoms with Crippen LogP contribution in [0.25, 0.3) is 0 Å². The van der Waals surface area contributed by atoms with Crippen molar-refractivity contribution in [1.82, 2.24) is 0 Å². The number of hydrogen-bond acceptors (Lipinski definition) is 4. The van der Waals surface area contributed by atoms with E-state index in [4.69, 9.17) is 4.74 Å². The molecular formula is C20H24FNO4. The minimum atomic E-state index is -0.746. The first-order chi connectivity index (χ1) is 12.3. The molecule has 26 heavy (non-hydrogen) atoms. The fourth-order valence-corrected chi connectivity index (χ4v) is 5.65. The Kier molecular flexibility index (Phi) is 4.06. The van der Waals surface area contributed by atoms with E-state index >= 15 is 0 Å². The van der Waals surface area contributed by atoms with E-state index < -0.39 is 29.3 Å². The zero-order chi connectivity index (χ0) is 18.5. The van der Waals surface area contributed by atoms with Gasteiger partial charge in [0.2, 0.25) is 0 Å². The third kappa shape index (κ3) is 3.11. The van der Waals surface area contributed by atoms with Crippen LogP contribution in [0.5, 0.6) is 0 Å². The number of anilines is 1. The van der Waals surface area contributed by atoms with Crippen LogP contribution < -0.4 is 5.32 Å². The lowest BCUT2D eigenvalue weighted by molar-refractivity contribution is -0.196. The Hall–Kier alpha value is -1.95. The first kappa shape index (κ1) is 17.5. The standard InChI is InChI=1S/C20H24FNO4/c1-12-2-3-15(21)5-16(12)22-17(23)10-26-18(24)19-6-13-4-14(7-19)9-20(25,8-13)11-19/h2-3,5,13-14,25H,4,6-11H2,1H3,(H,22,23)/t13-,14+,19?,20?. The average Bonchev–Trinajstić information content (AvgIpc) is 2.53. The van der Waals surface area contributed by atoms with Gasteiger partial charge in [-0.15, -0.1) is 0 Å². The molecule has 4 atom stereocenters. The molecule has 0 aromatic heterocycles. The molecule has 1 aromatic carbocycles. The maximum Gasteiger partial charge on any atom is 0.312 e. The lowest BCUT2D eigenvalue weighted by Crippen LogP contribution is -2.58. The highest BCUT2D eigenvalue weighted by Crippen LogP contribution is 2.61. The number of carbonyl (C=O) groups is 2. The molecule has 0 spiro atoms. The molecule has 0 heterocycles. The summed E-state index contributed by atoms with van der Waals surface area (Å²) in [6.07, 6.45) is 4.56. The normalized spacial score (nSPS) is 34.6. The molecule has 4 fully saturated rings. The first-order valence-corrected chi connectivity index (χ1v) is 9.23. The predicted octanol–water partition coefficient (Wildman–Crippen LogP) is 2.95. The SMILES string of the molecule is Cc1ccc(F)cc1NC(=O)COC(=O)C12C[C@@H]3C[C@@H](CC(O)(C3)C1)C2. The van der Waals surface area contributed by atoms with E-state index in [1.54, 1.807) is 13.0 Å². The molecule has 1 amide bonds. The van der Waals surface area contributed by atoms with Gasteiger partial charge in [0.25, 0.3) is 5.91 Å². The second-order valence-electron chi connectivity index (χ2n) is 8.55. The van der Waals surface area contributed by atoms with E-state index in [2.05, 4.69) is 5.32 Å². The summed E-state index contributed by atoms with van der Waals surface area (Å²) in [5.41, 5.74) is -0.290. The van der Waals surface area contributed by atoms with Crippen molar-refractivity contribution in [3.05, 3.63) is 29.6 Å². The minimum absolute atomic E-state index is 0.371. The van der Waals surface area contributed by atoms with E-state index in [0.717, 1.165) is 37.7 Å². The quantitative estimate of drug-likeness (QED) is 0.809. The molecule has 5 nitrogen and oxygen atoms in total. The van der Waals surface area contributed by atoms with Crippen molar-refractivity contribution in [2.24, 2.45) is 17.3 Å². The molecule has 4 aliphatic rings. The third-order valence-electron chi connectivity index (χ3n) is 6.27. The van der Waals surface area contributed by atoms with Crippen LogP contribution in [0.3, 0.4) is 0 Å². The van der Waals surface area contributed by atoms with Crippen molar-refractivity contribution >= 4 is 17.6 Å². The number of esters is 1. The van der Waals surface area contributed by atoms with Gasteiger partial charge in [-0.25, -0.2) is 4.39 Å². The number of aryl methyl sites for hydroxylation is 1. The zero-order valence-corrected chi connectivity index (χ0v) is 14.9. The summed E-state index contributed by atoms with van der Waals surface area (Å²) in [5, 5.41) is 13.3. The van der Waals surface area contributed by atoms with E-state index in [1.165, 1.54) is 12.1 Å². The van der Waals surface area contributed by atoms with E-state index in [1.807, 2.05) is 0 Å². The zero-order valence-electron chi connectivity index (χ0n) is 14.9. The molecule has 0 aliphatic heterocycles. The molecule has 0 radical (unpaired) electrons. The molecule has 5 rings (SSSR count). The Labute approximate surface area is 151 Å². The van der Waals surface area contributed by atoms with Gasteiger partial charge in [0.1, 0.15) is 5.82 Å². The molecule has 2 N–H and O–H groups in total. The fraction of sp³-hybridized carbons (Fsp3) is 0.600. The fourth-order valence-electron chi connectivity index (χ4n) is 5.65. The van der Waals surface area contributed by atoms with Gasteiger partial charge in [-0.1, -0.05) is 6.07 Å². The molecule has 4 saturated carbocycles. The van der Waals surface area contributed by atoms with Crippen molar-refractivity contribution in [3.8, 4) is 0 Å². The number of hydrogen-bond donors (Lipinski definition) is 2. The molecule has 2 unspecified atom stereocenters. The maximum absolute atomic E-state index is 13.3. The third-order valence-corrected chi connectivity index (χ3v) is 6.27. The Morgan fingerprint density at radius 2 is 1.96 bits per heavy atom. The van der Waals surface area contributed by atoms with Gasteiger partial charge in [-0.05, 0) is 75.0 Å². The van der Waals surface area contributed by atoms with Crippen LogP contribution in [-0.4, -0.2) is 29.2 Å². The molecule has 1 aromatic rings. The molecular weight excluding hydrogens is 337 g/mol. The Morgan fingerprint density at radius 1 is 1.27 bits per heavy atom. The summed E-state index contributed by atoms with van der Waals surface area (Å²) in [7, 11) is 0. The molecule has 0 saturated heterocycles. The van der Waals surface area contributed by atoms with E-state index in [0.29, 0.717) is 23.9 Å². The van der Waals surface area contributed by atoms with Gasteiger partial charge in [0.05, 0.1) is 11.0 Å². The lowest BCUT2D eigenvalue weighted by atomic mass is 9.48. The second-order valence-corrected chi connectivity index (χ2v) is 8.55. The number of amides is 1. The van der Waals surface area contributed by atoms with Crippen LogP contribution >= 0.6 is 0 Å². The average molecular weight is 361 g/mol. The highest BCUT2D eigenvalue weighted by Gasteiger charge is 2.60. The van der Waals surface area contributed by atoms with E-state index in [9.17, 15) is 19.1 Å². The van der Waals surface area contributed by atoms with Crippen LogP contribution in [0, 0.1) is 30.0 Å². The predicted molar refractivity (Wildman–Crippen MR) is 92.8 cm³/mol. The monoisotopic (exact) mass is 361 g/mol. The van der Waals surface area contributed by atoms with Crippen molar-refractivity contribution in [2.45, 2.75) is 51.0 Å². The highest BCUT2D eigenvalue weighted by molar-refractivity contribution is 5.93. The molecule has 4 aliphatic carbocycles. The highest BCUT2D eigenvalue weighted by atomic mass is 19.1. The Bertz CT molecular complexity index is 748. The van der Waals surface area contributed by atoms with Crippen molar-refractivity contribution in [1.29, 1.82) is 0 Å². The summed E-state index contributed by atoms with van der Waals surface area (Å²) < 4.78 is 18.6. The number of ether oxygens (including phenoxy) is 1. The van der Waals surface area contributed by atoms with Gasteiger partial charge in [0.15, 0.2) is 6.61 Å². The van der Waals surface area contributed by atoms with Crippen molar-refractivity contribution in [3.63, 3.8) is 0 Å². The number of aliphatic hydroxyl groups is 1. The van der Waals surface area contributed by atoms with Crippen molar-refractivity contribution in [2.75, 3.05) is 11.9 Å². The summed E-state index contributed by atoms with van der Waals surface area (Å²) in [6, 6.07) is 4.14. The summed E-state index contributed by atoms with van der Waals surface area (Å²) in [4.78, 5) is 24.9. The number of benzene rings is 1. The summed E-state index contributed by atoms with van der Waals surface area (Å²) in [6.45, 7) is 1.36. The number of carbonyl (C=O) groups excluding carboxylic acids is 2. The maximum atomic E-state index is 13.3. The molecule has 140 valence electrons. The van der Waals surface area contributed by atoms with Gasteiger partial charge < -0.3 is 15.2 Å². The number of halogens is 1. The Balaban J connectivity index is 1.38. The van der Waals surface area contributed by atoms with Gasteiger partial charge in [-0.2, -0.15) is 0 Å². The lowest BCUT2D eigenvalue weighted by Gasteiger charge is -2.58.